The molecule has 2 saturated heterocycles. The van der Waals surface area contributed by atoms with Crippen LogP contribution in [0, 0.1) is 0 Å². The van der Waals surface area contributed by atoms with Gasteiger partial charge in [0.05, 0.1) is 17.2 Å². The van der Waals surface area contributed by atoms with E-state index < -0.39 is 0 Å². The predicted octanol–water partition coefficient (Wildman–Crippen LogP) is 2.33. The Bertz CT molecular complexity index is 456. The molecule has 0 aromatic rings. The predicted molar refractivity (Wildman–Crippen MR) is 78.1 cm³/mol. The highest BCUT2D eigenvalue weighted by atomic mass is 16.7. The topological polar surface area (TPSA) is 38.8 Å². The smallest absolute Gasteiger partial charge is 0.400 e. The van der Waals surface area contributed by atoms with Gasteiger partial charge in [-0.2, -0.15) is 0 Å². The molecule has 2 atom stereocenters. The van der Waals surface area contributed by atoms with E-state index in [2.05, 4.69) is 33.8 Å². The van der Waals surface area contributed by atoms with Crippen molar-refractivity contribution in [3.05, 3.63) is 11.5 Å². The molecule has 2 bridgehead atoms. The van der Waals surface area contributed by atoms with E-state index in [4.69, 9.17) is 9.31 Å². The maximum atomic E-state index is 11.7. The quantitative estimate of drug-likeness (QED) is 0.690. The van der Waals surface area contributed by atoms with Gasteiger partial charge in [-0.1, -0.05) is 6.08 Å². The first-order valence-electron chi connectivity index (χ1n) is 7.56. The van der Waals surface area contributed by atoms with Crippen LogP contribution in [0.4, 0.5) is 0 Å². The lowest BCUT2D eigenvalue weighted by Crippen LogP contribution is -2.44. The molecule has 0 radical (unpaired) electrons. The van der Waals surface area contributed by atoms with Crippen molar-refractivity contribution in [1.82, 2.24) is 4.90 Å². The van der Waals surface area contributed by atoms with Crippen LogP contribution in [0.2, 0.25) is 0 Å². The van der Waals surface area contributed by atoms with Gasteiger partial charge in [-0.3, -0.25) is 4.79 Å². The Kier molecular flexibility index (Phi) is 3.07. The number of fused-ring (bicyclic) bond motifs is 2. The summed E-state index contributed by atoms with van der Waals surface area (Å²) >= 11 is 0. The molecular weight excluding hydrogens is 253 g/mol. The van der Waals surface area contributed by atoms with Crippen molar-refractivity contribution in [1.29, 1.82) is 0 Å². The lowest BCUT2D eigenvalue weighted by Gasteiger charge is -2.33. The lowest BCUT2D eigenvalue weighted by atomic mass is 9.73. The number of nitrogens with zero attached hydrogens (tertiary/aromatic N) is 1. The number of carbonyl (C=O) groups is 1. The average Bonchev–Trinajstić information content (AvgIpc) is 2.70. The number of hydrogen-bond acceptors (Lipinski definition) is 3. The van der Waals surface area contributed by atoms with Crippen molar-refractivity contribution in [2.45, 2.75) is 77.2 Å². The first-order chi connectivity index (χ1) is 9.21. The van der Waals surface area contributed by atoms with Crippen molar-refractivity contribution < 1.29 is 14.1 Å². The molecule has 0 N–H and O–H groups in total. The first-order valence-corrected chi connectivity index (χ1v) is 7.56. The minimum atomic E-state index is -0.296. The molecule has 110 valence electrons. The number of rotatable bonds is 1. The van der Waals surface area contributed by atoms with Crippen LogP contribution in [0.3, 0.4) is 0 Å². The summed E-state index contributed by atoms with van der Waals surface area (Å²) in [6.07, 6.45) is 5.23. The first kappa shape index (κ1) is 14.1. The average molecular weight is 277 g/mol. The van der Waals surface area contributed by atoms with Crippen molar-refractivity contribution in [2.24, 2.45) is 0 Å². The van der Waals surface area contributed by atoms with Gasteiger partial charge in [0.25, 0.3) is 0 Å². The fourth-order valence-corrected chi connectivity index (χ4v) is 3.52. The van der Waals surface area contributed by atoms with E-state index >= 15 is 0 Å². The van der Waals surface area contributed by atoms with Gasteiger partial charge in [-0.05, 0) is 52.4 Å². The molecule has 0 aromatic heterocycles. The minimum Gasteiger partial charge on any atom is -0.400 e. The van der Waals surface area contributed by atoms with Crippen molar-refractivity contribution in [3.63, 3.8) is 0 Å². The van der Waals surface area contributed by atoms with Gasteiger partial charge in [-0.15, -0.1) is 0 Å². The summed E-state index contributed by atoms with van der Waals surface area (Å²) in [5, 5.41) is 0. The molecule has 20 heavy (non-hydrogen) atoms. The largest absolute Gasteiger partial charge is 0.490 e. The Morgan fingerprint density at radius 1 is 1.25 bits per heavy atom. The Morgan fingerprint density at radius 2 is 1.85 bits per heavy atom. The van der Waals surface area contributed by atoms with Crippen LogP contribution in [-0.2, 0) is 14.1 Å². The second-order valence-corrected chi connectivity index (χ2v) is 7.26. The molecule has 5 heteroatoms. The third kappa shape index (κ3) is 2.02. The molecule has 0 saturated carbocycles. The van der Waals surface area contributed by atoms with E-state index in [0.29, 0.717) is 6.04 Å². The van der Waals surface area contributed by atoms with Crippen LogP contribution >= 0.6 is 0 Å². The van der Waals surface area contributed by atoms with E-state index in [-0.39, 0.29) is 30.3 Å². The molecule has 0 aromatic carbocycles. The van der Waals surface area contributed by atoms with E-state index in [0.717, 1.165) is 19.3 Å². The fourth-order valence-electron chi connectivity index (χ4n) is 3.52. The van der Waals surface area contributed by atoms with Gasteiger partial charge in [0.2, 0.25) is 5.91 Å². The molecular formula is C15H24BNO3. The van der Waals surface area contributed by atoms with E-state index in [9.17, 15) is 4.79 Å². The van der Waals surface area contributed by atoms with Gasteiger partial charge >= 0.3 is 7.12 Å². The third-order valence-electron chi connectivity index (χ3n) is 5.34. The molecule has 3 heterocycles. The third-order valence-corrected chi connectivity index (χ3v) is 5.34. The van der Waals surface area contributed by atoms with Gasteiger partial charge in [-0.25, -0.2) is 0 Å². The highest BCUT2D eigenvalue weighted by Gasteiger charge is 2.54. The zero-order valence-electron chi connectivity index (χ0n) is 13.1. The molecule has 4 nitrogen and oxygen atoms in total. The zero-order valence-corrected chi connectivity index (χ0v) is 13.1. The van der Waals surface area contributed by atoms with Gasteiger partial charge in [0.1, 0.15) is 0 Å². The second kappa shape index (κ2) is 4.34. The van der Waals surface area contributed by atoms with E-state index in [1.54, 1.807) is 6.92 Å². The van der Waals surface area contributed by atoms with Gasteiger partial charge < -0.3 is 14.2 Å². The van der Waals surface area contributed by atoms with Gasteiger partial charge in [0, 0.05) is 13.0 Å². The Labute approximate surface area is 121 Å². The van der Waals surface area contributed by atoms with E-state index in [1.807, 2.05) is 4.90 Å². The molecule has 3 rings (SSSR count). The highest BCUT2D eigenvalue weighted by molar-refractivity contribution is 6.54. The second-order valence-electron chi connectivity index (χ2n) is 7.26. The maximum absolute atomic E-state index is 11.7. The fraction of sp³-hybridized carbons (Fsp3) is 0.800. The van der Waals surface area contributed by atoms with Crippen LogP contribution in [0.5, 0.6) is 0 Å². The Hall–Kier alpha value is -0.805. The number of carbonyl (C=O) groups excluding carboxylic acids is 1. The molecule has 0 aliphatic carbocycles. The zero-order chi connectivity index (χ0) is 14.7. The summed E-state index contributed by atoms with van der Waals surface area (Å²) in [5.74, 6) is 0.182. The molecule has 2 fully saturated rings. The van der Waals surface area contributed by atoms with Crippen LogP contribution in [0.15, 0.2) is 11.5 Å². The number of hydrogen-bond donors (Lipinski definition) is 0. The van der Waals surface area contributed by atoms with Crippen molar-refractivity contribution in [3.8, 4) is 0 Å². The standard InChI is InChI=1S/C15H24BNO3/c1-10(18)17-12-6-7-13(17)9-11(8-12)16-19-14(2,3)15(4,5)20-16/h8,12-13H,6-7,9H2,1-5H3. The Balaban J connectivity index is 1.81. The van der Waals surface area contributed by atoms with Crippen LogP contribution in [-0.4, -0.2) is 41.2 Å². The van der Waals surface area contributed by atoms with E-state index in [1.165, 1.54) is 5.47 Å². The van der Waals surface area contributed by atoms with Crippen LogP contribution in [0.1, 0.15) is 53.9 Å². The normalized spacial score (nSPS) is 34.4. The van der Waals surface area contributed by atoms with Crippen LogP contribution in [0.25, 0.3) is 0 Å². The molecule has 0 spiro atoms. The van der Waals surface area contributed by atoms with Gasteiger partial charge in [0.15, 0.2) is 0 Å². The van der Waals surface area contributed by atoms with Crippen LogP contribution < -0.4 is 0 Å². The summed E-state index contributed by atoms with van der Waals surface area (Å²) in [4.78, 5) is 13.8. The molecule has 3 aliphatic heterocycles. The summed E-state index contributed by atoms with van der Waals surface area (Å²) in [6, 6.07) is 0.566. The molecule has 2 unspecified atom stereocenters. The Morgan fingerprint density at radius 3 is 2.35 bits per heavy atom. The van der Waals surface area contributed by atoms with Crippen molar-refractivity contribution >= 4 is 13.0 Å². The molecule has 3 aliphatic rings. The lowest BCUT2D eigenvalue weighted by molar-refractivity contribution is -0.131. The SMILES string of the molecule is CC(=O)N1C2C=C(B3OC(C)(C)C(C)(C)O3)CC1CC2. The minimum absolute atomic E-state index is 0.182. The summed E-state index contributed by atoms with van der Waals surface area (Å²) in [6.45, 7) is 9.97. The maximum Gasteiger partial charge on any atom is 0.490 e. The monoisotopic (exact) mass is 277 g/mol. The summed E-state index contributed by atoms with van der Waals surface area (Å²) in [7, 11) is -0.253. The van der Waals surface area contributed by atoms with Crippen molar-refractivity contribution in [2.75, 3.05) is 0 Å². The summed E-state index contributed by atoms with van der Waals surface area (Å²) < 4.78 is 12.3. The number of amides is 1. The highest BCUT2D eigenvalue weighted by Crippen LogP contribution is 2.42. The summed E-state index contributed by atoms with van der Waals surface area (Å²) in [5.41, 5.74) is 0.624. The molecule has 1 amide bonds.